The van der Waals surface area contributed by atoms with Gasteiger partial charge in [-0.05, 0) is 47.6 Å². The fourth-order valence-electron chi connectivity index (χ4n) is 2.97. The highest BCUT2D eigenvalue weighted by atomic mass is 32.1. The Kier molecular flexibility index (Phi) is 7.59. The lowest BCUT2D eigenvalue weighted by Crippen LogP contribution is -2.40. The molecule has 1 saturated heterocycles. The number of esters is 1. The first kappa shape index (κ1) is 23.1. The number of carbonyl (C=O) groups is 3. The number of nitrogens with one attached hydrogen (secondary N) is 2. The minimum absolute atomic E-state index is 0.191. The molecule has 10 heteroatoms. The molecule has 2 rings (SSSR count). The lowest BCUT2D eigenvalue weighted by molar-refractivity contribution is -0.119. The van der Waals surface area contributed by atoms with Gasteiger partial charge in [0.25, 0.3) is 0 Å². The van der Waals surface area contributed by atoms with Crippen LogP contribution in [0.3, 0.4) is 0 Å². The highest BCUT2D eigenvalue weighted by Crippen LogP contribution is 2.25. The van der Waals surface area contributed by atoms with E-state index < -0.39 is 23.7 Å². The lowest BCUT2D eigenvalue weighted by Gasteiger charge is -2.21. The Morgan fingerprint density at radius 3 is 2.62 bits per heavy atom. The van der Waals surface area contributed by atoms with Gasteiger partial charge in [0.2, 0.25) is 5.91 Å². The van der Waals surface area contributed by atoms with Crippen molar-refractivity contribution in [2.45, 2.75) is 65.1 Å². The molecule has 1 aliphatic rings. The van der Waals surface area contributed by atoms with Gasteiger partial charge in [-0.15, -0.1) is 0 Å². The predicted octanol–water partition coefficient (Wildman–Crippen LogP) is 2.55. The zero-order valence-electron chi connectivity index (χ0n) is 17.8. The van der Waals surface area contributed by atoms with E-state index in [4.69, 9.17) is 9.47 Å². The van der Waals surface area contributed by atoms with Gasteiger partial charge in [-0.1, -0.05) is 18.3 Å². The molecule has 0 radical (unpaired) electrons. The molecule has 162 valence electrons. The quantitative estimate of drug-likeness (QED) is 0.673. The molecule has 1 fully saturated rings. The number of ether oxygens (including phenoxy) is 2. The van der Waals surface area contributed by atoms with Crippen LogP contribution in [0.15, 0.2) is 0 Å². The Hall–Kier alpha value is -2.20. The number of thiazole rings is 1. The summed E-state index contributed by atoms with van der Waals surface area (Å²) < 4.78 is 10.4. The van der Waals surface area contributed by atoms with Crippen LogP contribution in [0, 0.1) is 6.92 Å². The molecule has 1 aliphatic heterocycles. The first-order valence-electron chi connectivity index (χ1n) is 9.65. The third-order valence-electron chi connectivity index (χ3n) is 4.22. The minimum atomic E-state index is -0.579. The number of alkyl carbamates (subject to hydrolysis) is 1. The van der Waals surface area contributed by atoms with E-state index in [-0.39, 0.29) is 11.9 Å². The number of hydrogen-bond acceptors (Lipinski definition) is 8. The minimum Gasteiger partial charge on any atom is -0.461 e. The van der Waals surface area contributed by atoms with Crippen LogP contribution < -0.4 is 10.6 Å². The Bertz CT molecular complexity index is 758. The maximum Gasteiger partial charge on any atom is 0.407 e. The number of carbonyl (C=O) groups excluding carboxylic acids is 3. The Morgan fingerprint density at radius 1 is 1.31 bits per heavy atom. The fraction of sp³-hybridized carbons (Fsp3) is 0.684. The standard InChI is InChI=1S/C19H30N4O5S/c1-7-8-27-16(25)14-11(2)20-17(29-14)22-15(24)13-9-12(10-23(13)6)21-18(26)28-19(3,4)5/h12-13H,7-10H2,1-6H3,(H,21,26)(H,20,22,24)/t12-,13-/m0/s1. The molecule has 0 spiro atoms. The second-order valence-electron chi connectivity index (χ2n) is 8.09. The smallest absolute Gasteiger partial charge is 0.407 e. The van der Waals surface area contributed by atoms with Crippen molar-refractivity contribution >= 4 is 34.4 Å². The summed E-state index contributed by atoms with van der Waals surface area (Å²) in [5, 5.41) is 5.93. The summed E-state index contributed by atoms with van der Waals surface area (Å²) in [7, 11) is 1.82. The van der Waals surface area contributed by atoms with Gasteiger partial charge in [0, 0.05) is 12.6 Å². The topological polar surface area (TPSA) is 110 Å². The number of aromatic nitrogens is 1. The van der Waals surface area contributed by atoms with Crippen LogP contribution in [0.25, 0.3) is 0 Å². The van der Waals surface area contributed by atoms with Gasteiger partial charge in [0.15, 0.2) is 5.13 Å². The summed E-state index contributed by atoms with van der Waals surface area (Å²) in [5.74, 6) is -0.662. The van der Waals surface area contributed by atoms with E-state index in [1.54, 1.807) is 27.7 Å². The summed E-state index contributed by atoms with van der Waals surface area (Å²) in [4.78, 5) is 43.2. The second kappa shape index (κ2) is 9.53. The van der Waals surface area contributed by atoms with Gasteiger partial charge in [0.1, 0.15) is 10.5 Å². The molecule has 2 amide bonds. The summed E-state index contributed by atoms with van der Waals surface area (Å²) in [5.41, 5.74) is -0.0556. The van der Waals surface area contributed by atoms with Crippen LogP contribution in [0.5, 0.6) is 0 Å². The molecule has 9 nitrogen and oxygen atoms in total. The van der Waals surface area contributed by atoms with Crippen LogP contribution in [-0.2, 0) is 14.3 Å². The largest absolute Gasteiger partial charge is 0.461 e. The Labute approximate surface area is 175 Å². The normalized spacial score (nSPS) is 19.7. The first-order chi connectivity index (χ1) is 13.5. The van der Waals surface area contributed by atoms with Crippen molar-refractivity contribution in [3.05, 3.63) is 10.6 Å². The van der Waals surface area contributed by atoms with Crippen molar-refractivity contribution < 1.29 is 23.9 Å². The van der Waals surface area contributed by atoms with Gasteiger partial charge in [-0.3, -0.25) is 9.69 Å². The number of anilines is 1. The summed E-state index contributed by atoms with van der Waals surface area (Å²) in [6.07, 6.45) is 0.694. The lowest BCUT2D eigenvalue weighted by atomic mass is 10.1. The van der Waals surface area contributed by atoms with Crippen molar-refractivity contribution in [3.8, 4) is 0 Å². The zero-order chi connectivity index (χ0) is 21.8. The van der Waals surface area contributed by atoms with Crippen molar-refractivity contribution in [3.63, 3.8) is 0 Å². The number of amides is 2. The van der Waals surface area contributed by atoms with E-state index in [2.05, 4.69) is 15.6 Å². The summed E-state index contributed by atoms with van der Waals surface area (Å²) >= 11 is 1.10. The Balaban J connectivity index is 1.94. The number of aryl methyl sites for hydroxylation is 1. The van der Waals surface area contributed by atoms with Gasteiger partial charge >= 0.3 is 12.1 Å². The predicted molar refractivity (Wildman–Crippen MR) is 110 cm³/mol. The van der Waals surface area contributed by atoms with E-state index in [9.17, 15) is 14.4 Å². The number of rotatable bonds is 6. The molecule has 1 aromatic heterocycles. The monoisotopic (exact) mass is 426 g/mol. The molecule has 2 heterocycles. The average Bonchev–Trinajstić information content (AvgIpc) is 3.13. The molecule has 0 saturated carbocycles. The molecule has 2 N–H and O–H groups in total. The van der Waals surface area contributed by atoms with E-state index >= 15 is 0 Å². The van der Waals surface area contributed by atoms with Gasteiger partial charge in [-0.2, -0.15) is 0 Å². The number of hydrogen-bond donors (Lipinski definition) is 2. The highest BCUT2D eigenvalue weighted by molar-refractivity contribution is 7.17. The third-order valence-corrected chi connectivity index (χ3v) is 5.27. The molecule has 1 aromatic rings. The Morgan fingerprint density at radius 2 is 2.00 bits per heavy atom. The molecule has 0 aromatic carbocycles. The third kappa shape index (κ3) is 6.67. The summed E-state index contributed by atoms with van der Waals surface area (Å²) in [6.45, 7) is 9.89. The van der Waals surface area contributed by atoms with E-state index in [0.717, 1.165) is 17.8 Å². The van der Waals surface area contributed by atoms with Crippen LogP contribution in [0.1, 0.15) is 55.9 Å². The van der Waals surface area contributed by atoms with Crippen molar-refractivity contribution in [2.24, 2.45) is 0 Å². The van der Waals surface area contributed by atoms with Crippen LogP contribution in [0.2, 0.25) is 0 Å². The number of likely N-dealkylation sites (tertiary alicyclic amines) is 1. The molecule has 29 heavy (non-hydrogen) atoms. The van der Waals surface area contributed by atoms with Gasteiger partial charge in [-0.25, -0.2) is 14.6 Å². The average molecular weight is 427 g/mol. The zero-order valence-corrected chi connectivity index (χ0v) is 18.6. The molecule has 0 bridgehead atoms. The molecule has 0 aliphatic carbocycles. The molecule has 0 unspecified atom stereocenters. The van der Waals surface area contributed by atoms with E-state index in [0.29, 0.717) is 35.3 Å². The van der Waals surface area contributed by atoms with Gasteiger partial charge < -0.3 is 20.1 Å². The number of likely N-dealkylation sites (N-methyl/N-ethyl adjacent to an activating group) is 1. The van der Waals surface area contributed by atoms with E-state index in [1.165, 1.54) is 0 Å². The van der Waals surface area contributed by atoms with E-state index in [1.807, 2.05) is 18.9 Å². The summed E-state index contributed by atoms with van der Waals surface area (Å²) in [6, 6.07) is -0.613. The fourth-order valence-corrected chi connectivity index (χ4v) is 3.84. The van der Waals surface area contributed by atoms with Gasteiger partial charge in [0.05, 0.1) is 18.3 Å². The van der Waals surface area contributed by atoms with Crippen molar-refractivity contribution in [1.29, 1.82) is 0 Å². The van der Waals surface area contributed by atoms with Crippen molar-refractivity contribution in [1.82, 2.24) is 15.2 Å². The van der Waals surface area contributed by atoms with Crippen LogP contribution in [0.4, 0.5) is 9.93 Å². The first-order valence-corrected chi connectivity index (χ1v) is 10.5. The highest BCUT2D eigenvalue weighted by Gasteiger charge is 2.36. The maximum absolute atomic E-state index is 12.7. The van der Waals surface area contributed by atoms with Crippen molar-refractivity contribution in [2.75, 3.05) is 25.5 Å². The molecular formula is C19H30N4O5S. The van der Waals surface area contributed by atoms with Crippen LogP contribution in [-0.4, -0.2) is 65.7 Å². The van der Waals surface area contributed by atoms with Crippen LogP contribution >= 0.6 is 11.3 Å². The SMILES string of the molecule is CCCOC(=O)c1sc(NC(=O)[C@@H]2C[C@H](NC(=O)OC(C)(C)C)CN2C)nc1C. The number of nitrogens with zero attached hydrogens (tertiary/aromatic N) is 2. The molecule has 2 atom stereocenters. The molecular weight excluding hydrogens is 396 g/mol. The maximum atomic E-state index is 12.7. The second-order valence-corrected chi connectivity index (χ2v) is 9.09.